The number of hydrogen-bond acceptors (Lipinski definition) is 5. The Labute approximate surface area is 108 Å². The minimum absolute atomic E-state index is 0.369. The Bertz CT molecular complexity index is 570. The third kappa shape index (κ3) is 3.19. The molecule has 9 heteroatoms. The first-order valence-corrected chi connectivity index (χ1v) is 6.55. The number of hydrogen-bond donors (Lipinski definition) is 4. The number of rotatable bonds is 5. The Morgan fingerprint density at radius 3 is 2.26 bits per heavy atom. The largest absolute Gasteiger partial charge is 0.481 e. The molecule has 1 aliphatic carbocycles. The maximum atomic E-state index is 11.3. The standard InChI is InChI=1S/C10H12O8S/c11-2-1-10(9(14)15)4-6(8(12)13)3-7(5-10)19(16,17)18/h3,5,11H,1-2,4H2,(H,12,13)(H,14,15)(H,16,17,18). The van der Waals surface area contributed by atoms with Gasteiger partial charge < -0.3 is 15.3 Å². The lowest BCUT2D eigenvalue weighted by Gasteiger charge is -2.29. The lowest BCUT2D eigenvalue weighted by Crippen LogP contribution is -2.34. The van der Waals surface area contributed by atoms with Crippen LogP contribution < -0.4 is 0 Å². The highest BCUT2D eigenvalue weighted by molar-refractivity contribution is 7.90. The summed E-state index contributed by atoms with van der Waals surface area (Å²) in [4.78, 5) is 21.4. The van der Waals surface area contributed by atoms with Crippen LogP contribution in [0.15, 0.2) is 22.6 Å². The number of carboxylic acids is 2. The topological polar surface area (TPSA) is 149 Å². The molecule has 1 atom stereocenters. The number of allylic oxidation sites excluding steroid dienone is 1. The molecule has 19 heavy (non-hydrogen) atoms. The quantitative estimate of drug-likeness (QED) is 0.501. The molecule has 0 aromatic heterocycles. The molecule has 8 nitrogen and oxygen atoms in total. The third-order valence-electron chi connectivity index (χ3n) is 2.80. The molecular formula is C10H12O8S. The first-order valence-electron chi connectivity index (χ1n) is 5.11. The molecule has 0 radical (unpaired) electrons. The van der Waals surface area contributed by atoms with Gasteiger partial charge in [0.05, 0.1) is 10.3 Å². The molecule has 1 aliphatic rings. The summed E-state index contributed by atoms with van der Waals surface area (Å²) in [6.07, 6.45) is 0.618. The van der Waals surface area contributed by atoms with Crippen molar-refractivity contribution < 1.29 is 37.9 Å². The molecule has 0 fully saturated rings. The molecule has 1 unspecified atom stereocenters. The highest BCUT2D eigenvalue weighted by Crippen LogP contribution is 2.38. The van der Waals surface area contributed by atoms with Crippen molar-refractivity contribution in [3.8, 4) is 0 Å². The summed E-state index contributed by atoms with van der Waals surface area (Å²) >= 11 is 0. The summed E-state index contributed by atoms with van der Waals surface area (Å²) in [7, 11) is -4.74. The number of carbonyl (C=O) groups is 2. The Morgan fingerprint density at radius 1 is 1.32 bits per heavy atom. The van der Waals surface area contributed by atoms with Crippen molar-refractivity contribution in [1.82, 2.24) is 0 Å². The van der Waals surface area contributed by atoms with Crippen LogP contribution in [0.25, 0.3) is 0 Å². The molecule has 0 heterocycles. The average Bonchev–Trinajstić information content (AvgIpc) is 2.27. The summed E-state index contributed by atoms with van der Waals surface area (Å²) in [5.41, 5.74) is -2.34. The molecule has 106 valence electrons. The molecule has 0 aromatic carbocycles. The summed E-state index contributed by atoms with van der Waals surface area (Å²) < 4.78 is 31.1. The third-order valence-corrected chi connectivity index (χ3v) is 3.63. The predicted octanol–water partition coefficient (Wildman–Crippen LogP) is -0.374. The number of aliphatic carboxylic acids is 2. The van der Waals surface area contributed by atoms with Crippen molar-refractivity contribution in [2.45, 2.75) is 12.8 Å². The van der Waals surface area contributed by atoms with E-state index in [2.05, 4.69) is 0 Å². The van der Waals surface area contributed by atoms with E-state index in [1.165, 1.54) is 0 Å². The Kier molecular flexibility index (Phi) is 4.13. The monoisotopic (exact) mass is 292 g/mol. The molecule has 0 amide bonds. The molecule has 0 aliphatic heterocycles. The van der Waals surface area contributed by atoms with E-state index in [4.69, 9.17) is 19.9 Å². The fourth-order valence-electron chi connectivity index (χ4n) is 1.82. The van der Waals surface area contributed by atoms with Gasteiger partial charge in [0.15, 0.2) is 0 Å². The van der Waals surface area contributed by atoms with Crippen molar-refractivity contribution in [1.29, 1.82) is 0 Å². The van der Waals surface area contributed by atoms with Crippen LogP contribution >= 0.6 is 0 Å². The fraction of sp³-hybridized carbons (Fsp3) is 0.400. The van der Waals surface area contributed by atoms with Gasteiger partial charge in [0.2, 0.25) is 0 Å². The second-order valence-electron chi connectivity index (χ2n) is 4.11. The fourth-order valence-corrected chi connectivity index (χ4v) is 2.48. The lowest BCUT2D eigenvalue weighted by molar-refractivity contribution is -0.147. The number of aliphatic hydroxyl groups excluding tert-OH is 1. The highest BCUT2D eigenvalue weighted by atomic mass is 32.2. The van der Waals surface area contributed by atoms with E-state index < -0.39 is 51.0 Å². The van der Waals surface area contributed by atoms with Gasteiger partial charge in [-0.1, -0.05) is 0 Å². The molecule has 0 bridgehead atoms. The maximum absolute atomic E-state index is 11.3. The zero-order valence-electron chi connectivity index (χ0n) is 9.61. The van der Waals surface area contributed by atoms with Gasteiger partial charge in [-0.05, 0) is 25.0 Å². The van der Waals surface area contributed by atoms with Gasteiger partial charge in [0.25, 0.3) is 10.1 Å². The summed E-state index contributed by atoms with van der Waals surface area (Å²) in [6.45, 7) is -0.575. The summed E-state index contributed by atoms with van der Waals surface area (Å²) in [6, 6.07) is 0. The predicted molar refractivity (Wildman–Crippen MR) is 61.7 cm³/mol. The van der Waals surface area contributed by atoms with Crippen LogP contribution in [0.2, 0.25) is 0 Å². The minimum Gasteiger partial charge on any atom is -0.481 e. The summed E-state index contributed by atoms with van der Waals surface area (Å²) in [5, 5.41) is 26.9. The Hall–Kier alpha value is -1.71. The van der Waals surface area contributed by atoms with Crippen molar-refractivity contribution in [2.24, 2.45) is 5.41 Å². The first kappa shape index (κ1) is 15.3. The van der Waals surface area contributed by atoms with Crippen LogP contribution in [0.1, 0.15) is 12.8 Å². The van der Waals surface area contributed by atoms with Gasteiger partial charge >= 0.3 is 11.9 Å². The molecule has 4 N–H and O–H groups in total. The summed E-state index contributed by atoms with van der Waals surface area (Å²) in [5.74, 6) is -2.97. The van der Waals surface area contributed by atoms with Crippen LogP contribution in [-0.2, 0) is 19.7 Å². The van der Waals surface area contributed by atoms with Gasteiger partial charge in [-0.2, -0.15) is 8.42 Å². The van der Waals surface area contributed by atoms with E-state index in [1.54, 1.807) is 0 Å². The first-order chi connectivity index (χ1) is 8.62. The lowest BCUT2D eigenvalue weighted by atomic mass is 9.76. The Morgan fingerprint density at radius 2 is 1.89 bits per heavy atom. The van der Waals surface area contributed by atoms with Gasteiger partial charge in [-0.3, -0.25) is 9.35 Å². The second-order valence-corrected chi connectivity index (χ2v) is 5.53. The molecule has 1 rings (SSSR count). The maximum Gasteiger partial charge on any atom is 0.331 e. The van der Waals surface area contributed by atoms with E-state index in [1.807, 2.05) is 0 Å². The van der Waals surface area contributed by atoms with E-state index in [0.29, 0.717) is 6.08 Å². The zero-order chi connectivity index (χ0) is 14.8. The van der Waals surface area contributed by atoms with Crippen LogP contribution in [0.5, 0.6) is 0 Å². The second kappa shape index (κ2) is 5.11. The average molecular weight is 292 g/mol. The highest BCUT2D eigenvalue weighted by Gasteiger charge is 2.42. The van der Waals surface area contributed by atoms with Crippen molar-refractivity contribution in [3.05, 3.63) is 22.6 Å². The SMILES string of the molecule is O=C(O)C1=CC(S(=O)(=O)O)=CC(CCO)(C(=O)O)C1. The smallest absolute Gasteiger partial charge is 0.331 e. The normalized spacial score (nSPS) is 23.5. The molecule has 0 spiro atoms. The van der Waals surface area contributed by atoms with E-state index in [-0.39, 0.29) is 6.42 Å². The molecule has 0 saturated carbocycles. The van der Waals surface area contributed by atoms with E-state index in [0.717, 1.165) is 6.08 Å². The number of carboxylic acid groups (broad SMARTS) is 2. The van der Waals surface area contributed by atoms with E-state index >= 15 is 0 Å². The van der Waals surface area contributed by atoms with Crippen LogP contribution in [-0.4, -0.2) is 46.8 Å². The van der Waals surface area contributed by atoms with Gasteiger partial charge in [-0.25, -0.2) is 4.79 Å². The Balaban J connectivity index is 3.46. The molecular weight excluding hydrogens is 280 g/mol. The van der Waals surface area contributed by atoms with Crippen LogP contribution in [0.3, 0.4) is 0 Å². The molecule has 0 aromatic rings. The zero-order valence-corrected chi connectivity index (χ0v) is 10.4. The van der Waals surface area contributed by atoms with Crippen molar-refractivity contribution >= 4 is 22.1 Å². The van der Waals surface area contributed by atoms with Gasteiger partial charge in [-0.15, -0.1) is 0 Å². The van der Waals surface area contributed by atoms with Gasteiger partial charge in [0.1, 0.15) is 0 Å². The molecule has 0 saturated heterocycles. The van der Waals surface area contributed by atoms with Crippen LogP contribution in [0.4, 0.5) is 0 Å². The minimum atomic E-state index is -4.74. The van der Waals surface area contributed by atoms with Crippen LogP contribution in [0, 0.1) is 5.41 Å². The van der Waals surface area contributed by atoms with E-state index in [9.17, 15) is 18.0 Å². The van der Waals surface area contributed by atoms with Crippen molar-refractivity contribution in [2.75, 3.05) is 6.61 Å². The van der Waals surface area contributed by atoms with Gasteiger partial charge in [0, 0.05) is 12.2 Å². The number of aliphatic hydroxyl groups is 1. The van der Waals surface area contributed by atoms with Crippen molar-refractivity contribution in [3.63, 3.8) is 0 Å².